The predicted octanol–water partition coefficient (Wildman–Crippen LogP) is 2.27. The van der Waals surface area contributed by atoms with Gasteiger partial charge in [-0.3, -0.25) is 10.1 Å². The van der Waals surface area contributed by atoms with Gasteiger partial charge in [-0.15, -0.1) is 0 Å². The maximum absolute atomic E-state index is 11.2. The molecule has 1 aliphatic heterocycles. The monoisotopic (exact) mass is 268 g/mol. The average Bonchev–Trinajstić information content (AvgIpc) is 2.92. The van der Waals surface area contributed by atoms with Gasteiger partial charge in [0.05, 0.1) is 11.0 Å². The second-order valence-electron chi connectivity index (χ2n) is 5.09. The Hall–Kier alpha value is -1.63. The molecule has 1 aromatic rings. The molecule has 0 aromatic carbocycles. The number of aryl methyl sites for hydroxylation is 1. The van der Waals surface area contributed by atoms with Crippen molar-refractivity contribution in [3.8, 4) is 0 Å². The lowest BCUT2D eigenvalue weighted by Gasteiger charge is -2.14. The van der Waals surface area contributed by atoms with Crippen LogP contribution in [0.25, 0.3) is 0 Å². The van der Waals surface area contributed by atoms with Crippen molar-refractivity contribution in [2.45, 2.75) is 45.8 Å². The highest BCUT2D eigenvalue weighted by molar-refractivity contribution is 5.59. The first-order chi connectivity index (χ1) is 9.00. The van der Waals surface area contributed by atoms with E-state index in [4.69, 9.17) is 4.74 Å². The summed E-state index contributed by atoms with van der Waals surface area (Å²) in [7, 11) is 0. The smallest absolute Gasteiger partial charge is 0.333 e. The van der Waals surface area contributed by atoms with Crippen LogP contribution < -0.4 is 5.32 Å². The van der Waals surface area contributed by atoms with Crippen molar-refractivity contribution in [2.24, 2.45) is 0 Å². The first kappa shape index (κ1) is 13.8. The van der Waals surface area contributed by atoms with Gasteiger partial charge in [-0.25, -0.2) is 4.68 Å². The van der Waals surface area contributed by atoms with Gasteiger partial charge in [-0.05, 0) is 33.6 Å². The molecule has 2 heterocycles. The number of aromatic nitrogens is 2. The van der Waals surface area contributed by atoms with Gasteiger partial charge in [0.25, 0.3) is 0 Å². The highest BCUT2D eigenvalue weighted by Crippen LogP contribution is 2.30. The molecule has 7 nitrogen and oxygen atoms in total. The van der Waals surface area contributed by atoms with Crippen molar-refractivity contribution in [1.29, 1.82) is 0 Å². The maximum atomic E-state index is 11.2. The van der Waals surface area contributed by atoms with Crippen LogP contribution in [0.5, 0.6) is 0 Å². The summed E-state index contributed by atoms with van der Waals surface area (Å²) in [6, 6.07) is 0.0689. The minimum absolute atomic E-state index is 0.0618. The van der Waals surface area contributed by atoms with E-state index in [0.29, 0.717) is 18.1 Å². The zero-order valence-corrected chi connectivity index (χ0v) is 11.5. The number of nitro groups is 1. The zero-order valence-electron chi connectivity index (χ0n) is 11.5. The summed E-state index contributed by atoms with van der Waals surface area (Å²) in [4.78, 5) is 10.8. The molecule has 7 heteroatoms. The van der Waals surface area contributed by atoms with Crippen LogP contribution in [0.3, 0.4) is 0 Å². The Morgan fingerprint density at radius 2 is 2.37 bits per heavy atom. The quantitative estimate of drug-likeness (QED) is 0.654. The normalized spacial score (nSPS) is 19.1. The van der Waals surface area contributed by atoms with E-state index < -0.39 is 0 Å². The SMILES string of the molecule is Cc1nn(C(C)C)c(NCC2CCCO2)c1[N+](=O)[O-]. The fourth-order valence-electron chi connectivity index (χ4n) is 2.31. The van der Waals surface area contributed by atoms with E-state index in [1.165, 1.54) is 0 Å². The van der Waals surface area contributed by atoms with Crippen LogP contribution in [0.4, 0.5) is 11.5 Å². The highest BCUT2D eigenvalue weighted by atomic mass is 16.6. The Morgan fingerprint density at radius 1 is 1.63 bits per heavy atom. The second-order valence-corrected chi connectivity index (χ2v) is 5.09. The lowest BCUT2D eigenvalue weighted by Crippen LogP contribution is -2.21. The first-order valence-corrected chi connectivity index (χ1v) is 6.59. The van der Waals surface area contributed by atoms with E-state index in [2.05, 4.69) is 10.4 Å². The van der Waals surface area contributed by atoms with E-state index in [-0.39, 0.29) is 22.8 Å². The van der Waals surface area contributed by atoms with Crippen LogP contribution in [0.2, 0.25) is 0 Å². The predicted molar refractivity (Wildman–Crippen MR) is 71.5 cm³/mol. The summed E-state index contributed by atoms with van der Waals surface area (Å²) >= 11 is 0. The molecule has 0 radical (unpaired) electrons. The van der Waals surface area contributed by atoms with Crippen molar-refractivity contribution in [3.63, 3.8) is 0 Å². The fraction of sp³-hybridized carbons (Fsp3) is 0.750. The Labute approximate surface area is 112 Å². The molecule has 1 fully saturated rings. The van der Waals surface area contributed by atoms with Crippen LogP contribution in [-0.2, 0) is 4.74 Å². The molecule has 1 unspecified atom stereocenters. The standard InChI is InChI=1S/C12H20N4O3/c1-8(2)15-12(11(16(17)18)9(3)14-15)13-7-10-5-4-6-19-10/h8,10,13H,4-7H2,1-3H3. The molecule has 2 rings (SSSR count). The fourth-order valence-corrected chi connectivity index (χ4v) is 2.31. The van der Waals surface area contributed by atoms with E-state index >= 15 is 0 Å². The minimum atomic E-state index is -0.376. The van der Waals surface area contributed by atoms with Crippen molar-refractivity contribution in [1.82, 2.24) is 9.78 Å². The number of hydrogen-bond donors (Lipinski definition) is 1. The number of nitrogens with one attached hydrogen (secondary N) is 1. The molecule has 19 heavy (non-hydrogen) atoms. The first-order valence-electron chi connectivity index (χ1n) is 6.59. The molecule has 0 aliphatic carbocycles. The molecule has 0 saturated carbocycles. The lowest BCUT2D eigenvalue weighted by atomic mass is 10.2. The maximum Gasteiger partial charge on any atom is 0.333 e. The average molecular weight is 268 g/mol. The summed E-state index contributed by atoms with van der Waals surface area (Å²) < 4.78 is 7.19. The number of ether oxygens (including phenoxy) is 1. The van der Waals surface area contributed by atoms with Crippen LogP contribution in [0, 0.1) is 17.0 Å². The van der Waals surface area contributed by atoms with Crippen molar-refractivity contribution in [3.05, 3.63) is 15.8 Å². The molecule has 1 saturated heterocycles. The lowest BCUT2D eigenvalue weighted by molar-refractivity contribution is -0.384. The van der Waals surface area contributed by atoms with Crippen molar-refractivity contribution in [2.75, 3.05) is 18.5 Å². The van der Waals surface area contributed by atoms with Crippen LogP contribution >= 0.6 is 0 Å². The summed E-state index contributed by atoms with van der Waals surface area (Å²) in [6.45, 7) is 6.92. The number of nitrogens with zero attached hydrogens (tertiary/aromatic N) is 3. The molecular weight excluding hydrogens is 248 g/mol. The van der Waals surface area contributed by atoms with Crippen LogP contribution in [0.15, 0.2) is 0 Å². The van der Waals surface area contributed by atoms with Crippen LogP contribution in [0.1, 0.15) is 38.4 Å². The molecule has 106 valence electrons. The zero-order chi connectivity index (χ0) is 14.0. The minimum Gasteiger partial charge on any atom is -0.376 e. The largest absolute Gasteiger partial charge is 0.376 e. The molecule has 1 N–H and O–H groups in total. The molecular formula is C12H20N4O3. The molecule has 0 bridgehead atoms. The van der Waals surface area contributed by atoms with E-state index in [9.17, 15) is 10.1 Å². The van der Waals surface area contributed by atoms with Gasteiger partial charge in [0, 0.05) is 19.2 Å². The summed E-state index contributed by atoms with van der Waals surface area (Å²) in [6.07, 6.45) is 2.18. The number of anilines is 1. The molecule has 1 aromatic heterocycles. The molecule has 0 spiro atoms. The molecule has 0 amide bonds. The van der Waals surface area contributed by atoms with Gasteiger partial charge in [0.2, 0.25) is 5.82 Å². The van der Waals surface area contributed by atoms with E-state index in [0.717, 1.165) is 19.4 Å². The molecule has 1 atom stereocenters. The summed E-state index contributed by atoms with van der Waals surface area (Å²) in [5.41, 5.74) is 0.500. The van der Waals surface area contributed by atoms with Gasteiger partial charge >= 0.3 is 5.69 Å². The van der Waals surface area contributed by atoms with E-state index in [1.54, 1.807) is 11.6 Å². The van der Waals surface area contributed by atoms with Gasteiger partial charge in [-0.2, -0.15) is 5.10 Å². The van der Waals surface area contributed by atoms with Gasteiger partial charge in [-0.1, -0.05) is 0 Å². The van der Waals surface area contributed by atoms with Gasteiger partial charge < -0.3 is 10.1 Å². The van der Waals surface area contributed by atoms with E-state index in [1.807, 2.05) is 13.8 Å². The Morgan fingerprint density at radius 3 is 2.89 bits per heavy atom. The highest BCUT2D eigenvalue weighted by Gasteiger charge is 2.27. The Kier molecular flexibility index (Phi) is 4.04. The van der Waals surface area contributed by atoms with Gasteiger partial charge in [0.1, 0.15) is 5.69 Å². The van der Waals surface area contributed by atoms with Crippen molar-refractivity contribution >= 4 is 11.5 Å². The summed E-state index contributed by atoms with van der Waals surface area (Å²) in [5, 5.41) is 18.5. The number of hydrogen-bond acceptors (Lipinski definition) is 5. The van der Waals surface area contributed by atoms with Gasteiger partial charge in [0.15, 0.2) is 0 Å². The van der Waals surface area contributed by atoms with Crippen LogP contribution in [-0.4, -0.2) is 34.0 Å². The Balaban J connectivity index is 2.22. The third-order valence-electron chi connectivity index (χ3n) is 3.25. The summed E-state index contributed by atoms with van der Waals surface area (Å²) in [5.74, 6) is 0.480. The number of rotatable bonds is 5. The van der Waals surface area contributed by atoms with Crippen molar-refractivity contribution < 1.29 is 9.66 Å². The third-order valence-corrected chi connectivity index (χ3v) is 3.25. The Bertz CT molecular complexity index is 464. The topological polar surface area (TPSA) is 82.2 Å². The molecule has 1 aliphatic rings. The second kappa shape index (κ2) is 5.56. The third kappa shape index (κ3) is 2.86.